The number of ether oxygens (including phenoxy) is 2. The molecule has 0 saturated heterocycles. The molecule has 0 bridgehead atoms. The van der Waals surface area contributed by atoms with Crippen LogP contribution in [0, 0.1) is 0 Å². The van der Waals surface area contributed by atoms with E-state index in [4.69, 9.17) is 9.47 Å². The lowest BCUT2D eigenvalue weighted by atomic mass is 10.2. The third kappa shape index (κ3) is 6.86. The Morgan fingerprint density at radius 2 is 1.79 bits per heavy atom. The number of hydrogen-bond acceptors (Lipinski definition) is 4. The van der Waals surface area contributed by atoms with Crippen molar-refractivity contribution in [3.63, 3.8) is 0 Å². The zero-order valence-electron chi connectivity index (χ0n) is 9.32. The van der Waals surface area contributed by atoms with Crippen LogP contribution in [-0.2, 0) is 14.3 Å². The zero-order valence-corrected chi connectivity index (χ0v) is 9.32. The summed E-state index contributed by atoms with van der Waals surface area (Å²) in [7, 11) is 0. The Kier molecular flexibility index (Phi) is 6.49. The molecule has 0 aliphatic carbocycles. The van der Waals surface area contributed by atoms with Crippen molar-refractivity contribution in [3.8, 4) is 0 Å². The SMILES string of the molecule is CC(C)OCC[C@H](O)C(=O)OC(C)C. The molecule has 1 atom stereocenters. The summed E-state index contributed by atoms with van der Waals surface area (Å²) in [5.74, 6) is -0.577. The van der Waals surface area contributed by atoms with Gasteiger partial charge in [-0.05, 0) is 27.7 Å². The lowest BCUT2D eigenvalue weighted by molar-refractivity contribution is -0.158. The second-order valence-corrected chi connectivity index (χ2v) is 3.71. The molecule has 0 aromatic heterocycles. The van der Waals surface area contributed by atoms with Crippen molar-refractivity contribution in [2.24, 2.45) is 0 Å². The van der Waals surface area contributed by atoms with E-state index in [0.717, 1.165) is 0 Å². The smallest absolute Gasteiger partial charge is 0.335 e. The Morgan fingerprint density at radius 1 is 1.21 bits per heavy atom. The minimum atomic E-state index is -1.07. The van der Waals surface area contributed by atoms with E-state index >= 15 is 0 Å². The van der Waals surface area contributed by atoms with Gasteiger partial charge in [0.25, 0.3) is 0 Å². The van der Waals surface area contributed by atoms with Gasteiger partial charge in [0.2, 0.25) is 0 Å². The number of aliphatic hydroxyl groups is 1. The van der Waals surface area contributed by atoms with Crippen LogP contribution in [0.25, 0.3) is 0 Å². The molecule has 84 valence electrons. The van der Waals surface area contributed by atoms with Crippen LogP contribution in [-0.4, -0.2) is 36.0 Å². The maximum absolute atomic E-state index is 11.1. The van der Waals surface area contributed by atoms with Gasteiger partial charge in [-0.1, -0.05) is 0 Å². The molecule has 14 heavy (non-hydrogen) atoms. The molecule has 0 heterocycles. The van der Waals surface area contributed by atoms with E-state index in [9.17, 15) is 9.90 Å². The minimum Gasteiger partial charge on any atom is -0.461 e. The maximum atomic E-state index is 11.1. The van der Waals surface area contributed by atoms with Gasteiger partial charge in [-0.15, -0.1) is 0 Å². The summed E-state index contributed by atoms with van der Waals surface area (Å²) >= 11 is 0. The van der Waals surface area contributed by atoms with E-state index in [1.165, 1.54) is 0 Å². The number of carbonyl (C=O) groups is 1. The van der Waals surface area contributed by atoms with Crippen molar-refractivity contribution in [2.45, 2.75) is 52.4 Å². The lowest BCUT2D eigenvalue weighted by Gasteiger charge is -2.13. The summed E-state index contributed by atoms with van der Waals surface area (Å²) < 4.78 is 10.0. The number of carbonyl (C=O) groups excluding carboxylic acids is 1. The normalized spacial score (nSPS) is 13.4. The lowest BCUT2D eigenvalue weighted by Crippen LogP contribution is -2.27. The van der Waals surface area contributed by atoms with Crippen LogP contribution < -0.4 is 0 Å². The van der Waals surface area contributed by atoms with Gasteiger partial charge in [0.1, 0.15) is 0 Å². The highest BCUT2D eigenvalue weighted by atomic mass is 16.6. The van der Waals surface area contributed by atoms with E-state index in [-0.39, 0.29) is 18.6 Å². The average Bonchev–Trinajstić information content (AvgIpc) is 2.01. The zero-order chi connectivity index (χ0) is 11.1. The van der Waals surface area contributed by atoms with Gasteiger partial charge in [0.05, 0.1) is 12.2 Å². The molecule has 4 nitrogen and oxygen atoms in total. The fraction of sp³-hybridized carbons (Fsp3) is 0.900. The Labute approximate surface area is 85.2 Å². The largest absolute Gasteiger partial charge is 0.461 e. The highest BCUT2D eigenvalue weighted by molar-refractivity contribution is 5.74. The van der Waals surface area contributed by atoms with Crippen LogP contribution in [0.2, 0.25) is 0 Å². The maximum Gasteiger partial charge on any atom is 0.335 e. The molecule has 0 spiro atoms. The summed E-state index contributed by atoms with van der Waals surface area (Å²) in [6, 6.07) is 0. The van der Waals surface area contributed by atoms with E-state index in [1.807, 2.05) is 13.8 Å². The molecule has 0 saturated carbocycles. The molecular weight excluding hydrogens is 184 g/mol. The first-order valence-electron chi connectivity index (χ1n) is 4.93. The summed E-state index contributed by atoms with van der Waals surface area (Å²) in [5.41, 5.74) is 0. The number of rotatable bonds is 6. The first-order valence-corrected chi connectivity index (χ1v) is 4.93. The number of esters is 1. The minimum absolute atomic E-state index is 0.114. The molecule has 0 aromatic carbocycles. The second-order valence-electron chi connectivity index (χ2n) is 3.71. The molecule has 0 rings (SSSR count). The third-order valence-corrected chi connectivity index (χ3v) is 1.47. The van der Waals surface area contributed by atoms with Crippen LogP contribution in [0.5, 0.6) is 0 Å². The van der Waals surface area contributed by atoms with Crippen molar-refractivity contribution < 1.29 is 19.4 Å². The quantitative estimate of drug-likeness (QED) is 0.658. The van der Waals surface area contributed by atoms with Gasteiger partial charge >= 0.3 is 5.97 Å². The van der Waals surface area contributed by atoms with Gasteiger partial charge in [-0.25, -0.2) is 4.79 Å². The van der Waals surface area contributed by atoms with E-state index in [1.54, 1.807) is 13.8 Å². The van der Waals surface area contributed by atoms with Gasteiger partial charge in [0.15, 0.2) is 6.10 Å². The van der Waals surface area contributed by atoms with Crippen LogP contribution in [0.15, 0.2) is 0 Å². The first kappa shape index (κ1) is 13.4. The fourth-order valence-electron chi connectivity index (χ4n) is 0.844. The summed E-state index contributed by atoms with van der Waals surface area (Å²) in [6.45, 7) is 7.66. The Morgan fingerprint density at radius 3 is 2.21 bits per heavy atom. The third-order valence-electron chi connectivity index (χ3n) is 1.47. The Hall–Kier alpha value is -0.610. The van der Waals surface area contributed by atoms with Gasteiger partial charge in [-0.2, -0.15) is 0 Å². The average molecular weight is 204 g/mol. The number of hydrogen-bond donors (Lipinski definition) is 1. The van der Waals surface area contributed by atoms with Gasteiger partial charge in [-0.3, -0.25) is 0 Å². The van der Waals surface area contributed by atoms with Crippen molar-refractivity contribution in [2.75, 3.05) is 6.61 Å². The van der Waals surface area contributed by atoms with E-state index in [0.29, 0.717) is 6.61 Å². The predicted octanol–water partition coefficient (Wildman–Crippen LogP) is 1.11. The van der Waals surface area contributed by atoms with E-state index < -0.39 is 12.1 Å². The predicted molar refractivity (Wildman–Crippen MR) is 52.9 cm³/mol. The van der Waals surface area contributed by atoms with Gasteiger partial charge < -0.3 is 14.6 Å². The molecule has 0 aromatic rings. The van der Waals surface area contributed by atoms with Crippen molar-refractivity contribution in [1.82, 2.24) is 0 Å². The standard InChI is InChI=1S/C10H20O4/c1-7(2)13-6-5-9(11)10(12)14-8(3)4/h7-9,11H,5-6H2,1-4H3/t9-/m0/s1. The van der Waals surface area contributed by atoms with Crippen LogP contribution in [0.3, 0.4) is 0 Å². The second kappa shape index (κ2) is 6.79. The molecule has 0 aliphatic heterocycles. The molecule has 0 aliphatic rings. The molecule has 0 unspecified atom stereocenters. The van der Waals surface area contributed by atoms with Crippen LogP contribution in [0.4, 0.5) is 0 Å². The summed E-state index contributed by atoms with van der Waals surface area (Å²) in [5, 5.41) is 9.32. The molecule has 0 amide bonds. The van der Waals surface area contributed by atoms with Crippen LogP contribution in [0.1, 0.15) is 34.1 Å². The molecule has 1 N–H and O–H groups in total. The monoisotopic (exact) mass is 204 g/mol. The van der Waals surface area contributed by atoms with Crippen LogP contribution >= 0.6 is 0 Å². The molecular formula is C10H20O4. The molecule has 0 fully saturated rings. The summed E-state index contributed by atoms with van der Waals surface area (Å²) in [4.78, 5) is 11.1. The Balaban J connectivity index is 3.62. The first-order chi connectivity index (χ1) is 6.43. The number of aliphatic hydroxyl groups excluding tert-OH is 1. The van der Waals surface area contributed by atoms with Crippen molar-refractivity contribution in [3.05, 3.63) is 0 Å². The van der Waals surface area contributed by atoms with Crippen molar-refractivity contribution >= 4 is 5.97 Å². The summed E-state index contributed by atoms with van der Waals surface area (Å²) in [6.07, 6.45) is -0.869. The van der Waals surface area contributed by atoms with E-state index in [2.05, 4.69) is 0 Å². The topological polar surface area (TPSA) is 55.8 Å². The highest BCUT2D eigenvalue weighted by Crippen LogP contribution is 2.00. The fourth-order valence-corrected chi connectivity index (χ4v) is 0.844. The molecule has 0 radical (unpaired) electrons. The Bertz CT molecular complexity index is 166. The highest BCUT2D eigenvalue weighted by Gasteiger charge is 2.17. The molecule has 4 heteroatoms. The van der Waals surface area contributed by atoms with Crippen molar-refractivity contribution in [1.29, 1.82) is 0 Å². The van der Waals surface area contributed by atoms with Gasteiger partial charge in [0, 0.05) is 13.0 Å².